The van der Waals surface area contributed by atoms with Crippen LogP contribution in [0.15, 0.2) is 59.7 Å². The van der Waals surface area contributed by atoms with Crippen molar-refractivity contribution in [1.29, 1.82) is 0 Å². The Balaban J connectivity index is 1.73. The van der Waals surface area contributed by atoms with Gasteiger partial charge in [-0.25, -0.2) is 0 Å². The molecule has 0 bridgehead atoms. The number of benzene rings is 2. The van der Waals surface area contributed by atoms with Crippen LogP contribution in [0.4, 0.5) is 5.69 Å². The van der Waals surface area contributed by atoms with Gasteiger partial charge in [-0.1, -0.05) is 18.2 Å². The molecule has 90 valence electrons. The second kappa shape index (κ2) is 4.92. The van der Waals surface area contributed by atoms with Gasteiger partial charge in [0.05, 0.1) is 5.69 Å². The van der Waals surface area contributed by atoms with Gasteiger partial charge in [0.2, 0.25) is 0 Å². The molecule has 0 radical (unpaired) electrons. The Hall–Kier alpha value is -2.29. The molecule has 0 fully saturated rings. The summed E-state index contributed by atoms with van der Waals surface area (Å²) in [6.07, 6.45) is 2.96. The van der Waals surface area contributed by atoms with Crippen LogP contribution in [-0.4, -0.2) is 12.8 Å². The van der Waals surface area contributed by atoms with E-state index in [9.17, 15) is 0 Å². The molecule has 1 aliphatic rings. The summed E-state index contributed by atoms with van der Waals surface area (Å²) in [4.78, 5) is 0. The smallest absolute Gasteiger partial charge is 0.127 e. The third-order valence-corrected chi connectivity index (χ3v) is 2.80. The third kappa shape index (κ3) is 2.35. The van der Waals surface area contributed by atoms with E-state index in [2.05, 4.69) is 5.10 Å². The van der Waals surface area contributed by atoms with E-state index in [1.807, 2.05) is 65.8 Å². The summed E-state index contributed by atoms with van der Waals surface area (Å²) in [5.74, 6) is 1.69. The van der Waals surface area contributed by atoms with Crippen LogP contribution in [0.1, 0.15) is 6.42 Å². The molecule has 18 heavy (non-hydrogen) atoms. The highest BCUT2D eigenvalue weighted by molar-refractivity contribution is 5.65. The summed E-state index contributed by atoms with van der Waals surface area (Å²) >= 11 is 0. The first kappa shape index (κ1) is 10.8. The maximum Gasteiger partial charge on any atom is 0.127 e. The highest BCUT2D eigenvalue weighted by Crippen LogP contribution is 2.25. The molecular formula is C15H14N2O. The van der Waals surface area contributed by atoms with E-state index in [4.69, 9.17) is 4.74 Å². The molecular weight excluding hydrogens is 224 g/mol. The van der Waals surface area contributed by atoms with Gasteiger partial charge in [-0.15, -0.1) is 0 Å². The summed E-state index contributed by atoms with van der Waals surface area (Å²) in [6, 6.07) is 17.8. The zero-order valence-electron chi connectivity index (χ0n) is 9.99. The number of ether oxygens (including phenoxy) is 1. The monoisotopic (exact) mass is 238 g/mol. The van der Waals surface area contributed by atoms with Gasteiger partial charge in [0.25, 0.3) is 0 Å². The van der Waals surface area contributed by atoms with E-state index >= 15 is 0 Å². The number of para-hydroxylation sites is 1. The first-order valence-corrected chi connectivity index (χ1v) is 6.05. The predicted molar refractivity (Wildman–Crippen MR) is 73.4 cm³/mol. The van der Waals surface area contributed by atoms with E-state index in [1.165, 1.54) is 0 Å². The molecule has 0 N–H and O–H groups in total. The van der Waals surface area contributed by atoms with Gasteiger partial charge in [0, 0.05) is 19.2 Å². The van der Waals surface area contributed by atoms with E-state index in [1.54, 1.807) is 0 Å². The molecule has 0 atom stereocenters. The first-order valence-electron chi connectivity index (χ1n) is 6.05. The fourth-order valence-corrected chi connectivity index (χ4v) is 1.90. The standard InChI is InChI=1S/C15H14N2O/c1-2-5-14(6-3-1)18-15-9-7-13(8-10-15)17-12-4-11-16-17/h1-3,5-11H,4,12H2. The molecule has 3 heteroatoms. The summed E-state index contributed by atoms with van der Waals surface area (Å²) in [7, 11) is 0. The van der Waals surface area contributed by atoms with Crippen molar-refractivity contribution in [3.8, 4) is 11.5 Å². The second-order valence-electron chi connectivity index (χ2n) is 4.12. The minimum absolute atomic E-state index is 0.841. The molecule has 2 aromatic rings. The van der Waals surface area contributed by atoms with Crippen molar-refractivity contribution in [2.24, 2.45) is 5.10 Å². The Morgan fingerprint density at radius 3 is 2.28 bits per heavy atom. The van der Waals surface area contributed by atoms with Gasteiger partial charge < -0.3 is 4.74 Å². The number of rotatable bonds is 3. The van der Waals surface area contributed by atoms with Crippen molar-refractivity contribution in [1.82, 2.24) is 0 Å². The van der Waals surface area contributed by atoms with E-state index < -0.39 is 0 Å². The van der Waals surface area contributed by atoms with E-state index in [-0.39, 0.29) is 0 Å². The Labute approximate surface area is 106 Å². The molecule has 0 aromatic heterocycles. The highest BCUT2D eigenvalue weighted by atomic mass is 16.5. The number of anilines is 1. The molecule has 2 aromatic carbocycles. The molecule has 0 saturated carbocycles. The van der Waals surface area contributed by atoms with Crippen molar-refractivity contribution >= 4 is 11.9 Å². The summed E-state index contributed by atoms with van der Waals surface area (Å²) in [6.45, 7) is 0.957. The zero-order chi connectivity index (χ0) is 12.2. The SMILES string of the molecule is C1=NN(c2ccc(Oc3ccccc3)cc2)CC1. The molecule has 0 aliphatic carbocycles. The number of hydrazone groups is 1. The predicted octanol–water partition coefficient (Wildman–Crippen LogP) is 3.67. The van der Waals surface area contributed by atoms with Gasteiger partial charge in [0.1, 0.15) is 11.5 Å². The quantitative estimate of drug-likeness (QED) is 0.815. The summed E-state index contributed by atoms with van der Waals surface area (Å²) in [5.41, 5.74) is 1.10. The van der Waals surface area contributed by atoms with Gasteiger partial charge in [0.15, 0.2) is 0 Å². The Morgan fingerprint density at radius 1 is 0.889 bits per heavy atom. The van der Waals surface area contributed by atoms with Gasteiger partial charge in [-0.2, -0.15) is 5.10 Å². The highest BCUT2D eigenvalue weighted by Gasteiger charge is 2.08. The zero-order valence-corrected chi connectivity index (χ0v) is 9.99. The van der Waals surface area contributed by atoms with Crippen LogP contribution in [0, 0.1) is 0 Å². The van der Waals surface area contributed by atoms with Crippen LogP contribution >= 0.6 is 0 Å². The van der Waals surface area contributed by atoms with Gasteiger partial charge in [-0.05, 0) is 36.4 Å². The lowest BCUT2D eigenvalue weighted by Gasteiger charge is -2.14. The minimum Gasteiger partial charge on any atom is -0.457 e. The van der Waals surface area contributed by atoms with Crippen LogP contribution in [0.3, 0.4) is 0 Å². The normalized spacial score (nSPS) is 13.9. The molecule has 0 amide bonds. The number of hydrogen-bond acceptors (Lipinski definition) is 3. The van der Waals surface area contributed by atoms with E-state index in [0.29, 0.717) is 0 Å². The maximum absolute atomic E-state index is 5.74. The van der Waals surface area contributed by atoms with Crippen molar-refractivity contribution in [2.75, 3.05) is 11.6 Å². The Bertz CT molecular complexity index is 534. The lowest BCUT2D eigenvalue weighted by Crippen LogP contribution is -2.11. The topological polar surface area (TPSA) is 24.8 Å². The fraction of sp³-hybridized carbons (Fsp3) is 0.133. The molecule has 1 aliphatic heterocycles. The molecule has 3 rings (SSSR count). The fourth-order valence-electron chi connectivity index (χ4n) is 1.90. The lowest BCUT2D eigenvalue weighted by molar-refractivity contribution is 0.482. The molecule has 3 nitrogen and oxygen atoms in total. The van der Waals surface area contributed by atoms with Crippen LogP contribution in [0.5, 0.6) is 11.5 Å². The molecule has 0 spiro atoms. The second-order valence-corrected chi connectivity index (χ2v) is 4.12. The minimum atomic E-state index is 0.841. The maximum atomic E-state index is 5.74. The molecule has 0 saturated heterocycles. The lowest BCUT2D eigenvalue weighted by atomic mass is 10.3. The summed E-state index contributed by atoms with van der Waals surface area (Å²) < 4.78 is 5.74. The average Bonchev–Trinajstić information content (AvgIpc) is 2.95. The molecule has 0 unspecified atom stereocenters. The molecule has 1 heterocycles. The van der Waals surface area contributed by atoms with E-state index in [0.717, 1.165) is 30.2 Å². The Morgan fingerprint density at radius 2 is 1.61 bits per heavy atom. The van der Waals surface area contributed by atoms with Crippen molar-refractivity contribution in [3.05, 3.63) is 54.6 Å². The van der Waals surface area contributed by atoms with Crippen LogP contribution in [0.2, 0.25) is 0 Å². The average molecular weight is 238 g/mol. The Kier molecular flexibility index (Phi) is 2.96. The first-order chi connectivity index (χ1) is 8.92. The number of nitrogens with zero attached hydrogens (tertiary/aromatic N) is 2. The number of hydrogen-bond donors (Lipinski definition) is 0. The van der Waals surface area contributed by atoms with Crippen molar-refractivity contribution in [2.45, 2.75) is 6.42 Å². The van der Waals surface area contributed by atoms with Crippen LogP contribution in [-0.2, 0) is 0 Å². The van der Waals surface area contributed by atoms with Crippen molar-refractivity contribution < 1.29 is 4.74 Å². The van der Waals surface area contributed by atoms with Crippen molar-refractivity contribution in [3.63, 3.8) is 0 Å². The van der Waals surface area contributed by atoms with Crippen LogP contribution < -0.4 is 9.75 Å². The largest absolute Gasteiger partial charge is 0.457 e. The summed E-state index contributed by atoms with van der Waals surface area (Å²) in [5, 5.41) is 6.28. The van der Waals surface area contributed by atoms with Crippen LogP contribution in [0.25, 0.3) is 0 Å². The third-order valence-electron chi connectivity index (χ3n) is 2.80. The van der Waals surface area contributed by atoms with Gasteiger partial charge in [-0.3, -0.25) is 5.01 Å². The van der Waals surface area contributed by atoms with Gasteiger partial charge >= 0.3 is 0 Å².